The van der Waals surface area contributed by atoms with E-state index >= 15 is 0 Å². The monoisotopic (exact) mass is 330 g/mol. The number of ether oxygens (including phenoxy) is 3. The third kappa shape index (κ3) is 4.63. The Kier molecular flexibility index (Phi) is 6.45. The van der Waals surface area contributed by atoms with E-state index in [9.17, 15) is 4.79 Å². The lowest BCUT2D eigenvalue weighted by Crippen LogP contribution is -2.33. The minimum atomic E-state index is -0.319. The summed E-state index contributed by atoms with van der Waals surface area (Å²) in [6, 6.07) is 14.4. The molecule has 0 spiro atoms. The van der Waals surface area contributed by atoms with Gasteiger partial charge in [-0.05, 0) is 18.2 Å². The number of anilines is 1. The van der Waals surface area contributed by atoms with Gasteiger partial charge in [0, 0.05) is 31.0 Å². The molecule has 2 aromatic rings. The zero-order chi connectivity index (χ0) is 17.4. The Hall–Kier alpha value is -2.73. The van der Waals surface area contributed by atoms with E-state index in [0.29, 0.717) is 18.0 Å². The van der Waals surface area contributed by atoms with Crippen LogP contribution >= 0.6 is 0 Å². The molecular weight excluding hydrogens is 308 g/mol. The standard InChI is InChI=1S/C18H22N2O4/c1-22-14-8-6-7-13(11-14)20-18(21)19-12-17(24-3)15-9-4-5-10-16(15)23-2/h4-11,17H,12H2,1-3H3,(H2,19,20,21). The minimum Gasteiger partial charge on any atom is -0.497 e. The Bertz CT molecular complexity index is 676. The average Bonchev–Trinajstić information content (AvgIpc) is 2.62. The van der Waals surface area contributed by atoms with Crippen molar-refractivity contribution in [1.82, 2.24) is 5.32 Å². The maximum Gasteiger partial charge on any atom is 0.319 e. The quantitative estimate of drug-likeness (QED) is 0.818. The maximum atomic E-state index is 12.1. The number of amides is 2. The van der Waals surface area contributed by atoms with Crippen molar-refractivity contribution in [2.45, 2.75) is 6.10 Å². The zero-order valence-electron chi connectivity index (χ0n) is 14.0. The van der Waals surface area contributed by atoms with Crippen LogP contribution in [0.1, 0.15) is 11.7 Å². The molecule has 1 unspecified atom stereocenters. The molecule has 0 aliphatic carbocycles. The Morgan fingerprint density at radius 1 is 1.04 bits per heavy atom. The summed E-state index contributed by atoms with van der Waals surface area (Å²) < 4.78 is 15.9. The summed E-state index contributed by atoms with van der Waals surface area (Å²) in [5.74, 6) is 1.40. The molecule has 6 nitrogen and oxygen atoms in total. The van der Waals surface area contributed by atoms with Crippen LogP contribution in [0.4, 0.5) is 10.5 Å². The molecule has 6 heteroatoms. The number of rotatable bonds is 7. The summed E-state index contributed by atoms with van der Waals surface area (Å²) >= 11 is 0. The third-order valence-corrected chi connectivity index (χ3v) is 3.55. The normalized spacial score (nSPS) is 11.5. The van der Waals surface area contributed by atoms with Crippen molar-refractivity contribution in [3.8, 4) is 11.5 Å². The van der Waals surface area contributed by atoms with Gasteiger partial charge in [0.25, 0.3) is 0 Å². The first-order valence-electron chi connectivity index (χ1n) is 7.52. The number of methoxy groups -OCH3 is 3. The largest absolute Gasteiger partial charge is 0.497 e. The summed E-state index contributed by atoms with van der Waals surface area (Å²) in [4.78, 5) is 12.1. The first-order valence-corrected chi connectivity index (χ1v) is 7.52. The van der Waals surface area contributed by atoms with E-state index in [1.807, 2.05) is 30.3 Å². The molecule has 0 bridgehead atoms. The SMILES string of the molecule is COc1cccc(NC(=O)NCC(OC)c2ccccc2OC)c1. The van der Waals surface area contributed by atoms with Gasteiger partial charge in [-0.2, -0.15) is 0 Å². The lowest BCUT2D eigenvalue weighted by molar-refractivity contribution is 0.102. The molecule has 2 rings (SSSR count). The zero-order valence-corrected chi connectivity index (χ0v) is 14.0. The second-order valence-electron chi connectivity index (χ2n) is 5.03. The molecule has 0 aliphatic rings. The fourth-order valence-corrected chi connectivity index (χ4v) is 2.31. The molecule has 24 heavy (non-hydrogen) atoms. The molecule has 128 valence electrons. The van der Waals surface area contributed by atoms with Crippen molar-refractivity contribution in [3.63, 3.8) is 0 Å². The van der Waals surface area contributed by atoms with Crippen molar-refractivity contribution < 1.29 is 19.0 Å². The van der Waals surface area contributed by atoms with Gasteiger partial charge in [-0.25, -0.2) is 4.79 Å². The average molecular weight is 330 g/mol. The Morgan fingerprint density at radius 3 is 2.54 bits per heavy atom. The van der Waals surface area contributed by atoms with Crippen LogP contribution in [-0.2, 0) is 4.74 Å². The third-order valence-electron chi connectivity index (χ3n) is 3.55. The Balaban J connectivity index is 1.96. The van der Waals surface area contributed by atoms with E-state index in [1.165, 1.54) is 0 Å². The molecule has 0 radical (unpaired) electrons. The fraction of sp³-hybridized carbons (Fsp3) is 0.278. The van der Waals surface area contributed by atoms with Crippen molar-refractivity contribution >= 4 is 11.7 Å². The van der Waals surface area contributed by atoms with Crippen LogP contribution in [0.2, 0.25) is 0 Å². The molecule has 0 aliphatic heterocycles. The molecule has 0 heterocycles. The van der Waals surface area contributed by atoms with Crippen molar-refractivity contribution in [3.05, 3.63) is 54.1 Å². The van der Waals surface area contributed by atoms with E-state index in [4.69, 9.17) is 14.2 Å². The second-order valence-corrected chi connectivity index (χ2v) is 5.03. The van der Waals surface area contributed by atoms with Crippen molar-refractivity contribution in [2.24, 2.45) is 0 Å². The van der Waals surface area contributed by atoms with E-state index in [-0.39, 0.29) is 12.1 Å². The molecule has 2 amide bonds. The van der Waals surface area contributed by atoms with Crippen LogP contribution in [0.15, 0.2) is 48.5 Å². The van der Waals surface area contributed by atoms with E-state index < -0.39 is 0 Å². The Labute approximate surface area is 141 Å². The molecule has 2 N–H and O–H groups in total. The predicted molar refractivity (Wildman–Crippen MR) is 92.8 cm³/mol. The van der Waals surface area contributed by atoms with Gasteiger partial charge < -0.3 is 24.8 Å². The molecule has 0 fully saturated rings. The van der Waals surface area contributed by atoms with Gasteiger partial charge in [-0.3, -0.25) is 0 Å². The first kappa shape index (κ1) is 17.6. The van der Waals surface area contributed by atoms with Crippen molar-refractivity contribution in [1.29, 1.82) is 0 Å². The maximum absolute atomic E-state index is 12.1. The molecule has 0 saturated heterocycles. The van der Waals surface area contributed by atoms with E-state index in [0.717, 1.165) is 11.3 Å². The van der Waals surface area contributed by atoms with Crippen LogP contribution in [0, 0.1) is 0 Å². The number of hydrogen-bond donors (Lipinski definition) is 2. The second kappa shape index (κ2) is 8.79. The van der Waals surface area contributed by atoms with Gasteiger partial charge in [-0.15, -0.1) is 0 Å². The highest BCUT2D eigenvalue weighted by molar-refractivity contribution is 5.89. The molecule has 2 aromatic carbocycles. The summed E-state index contributed by atoms with van der Waals surface area (Å²) in [7, 11) is 4.78. The molecule has 0 saturated carbocycles. The first-order chi connectivity index (χ1) is 11.7. The van der Waals surface area contributed by atoms with Crippen LogP contribution < -0.4 is 20.1 Å². The molecule has 1 atom stereocenters. The highest BCUT2D eigenvalue weighted by Crippen LogP contribution is 2.26. The predicted octanol–water partition coefficient (Wildman–Crippen LogP) is 3.21. The number of benzene rings is 2. The number of hydrogen-bond acceptors (Lipinski definition) is 4. The van der Waals surface area contributed by atoms with Gasteiger partial charge in [0.2, 0.25) is 0 Å². The number of para-hydroxylation sites is 1. The number of carbonyl (C=O) groups excluding carboxylic acids is 1. The summed E-state index contributed by atoms with van der Waals surface area (Å²) in [6.45, 7) is 0.312. The number of carbonyl (C=O) groups is 1. The van der Waals surface area contributed by atoms with Gasteiger partial charge >= 0.3 is 6.03 Å². The molecule has 0 aromatic heterocycles. The van der Waals surface area contributed by atoms with E-state index in [1.54, 1.807) is 39.5 Å². The lowest BCUT2D eigenvalue weighted by atomic mass is 10.1. The highest BCUT2D eigenvalue weighted by Gasteiger charge is 2.16. The minimum absolute atomic E-state index is 0.308. The van der Waals surface area contributed by atoms with Crippen LogP contribution in [-0.4, -0.2) is 33.9 Å². The molecular formula is C18H22N2O4. The highest BCUT2D eigenvalue weighted by atomic mass is 16.5. The lowest BCUT2D eigenvalue weighted by Gasteiger charge is -2.19. The number of urea groups is 1. The smallest absolute Gasteiger partial charge is 0.319 e. The van der Waals surface area contributed by atoms with Crippen LogP contribution in [0.3, 0.4) is 0 Å². The summed E-state index contributed by atoms with van der Waals surface area (Å²) in [5, 5.41) is 5.56. The summed E-state index contributed by atoms with van der Waals surface area (Å²) in [5.41, 5.74) is 1.53. The number of nitrogens with one attached hydrogen (secondary N) is 2. The van der Waals surface area contributed by atoms with Gasteiger partial charge in [-0.1, -0.05) is 24.3 Å². The summed E-state index contributed by atoms with van der Waals surface area (Å²) in [6.07, 6.45) is -0.308. The topological polar surface area (TPSA) is 68.8 Å². The van der Waals surface area contributed by atoms with E-state index in [2.05, 4.69) is 10.6 Å². The van der Waals surface area contributed by atoms with Gasteiger partial charge in [0.15, 0.2) is 0 Å². The fourth-order valence-electron chi connectivity index (χ4n) is 2.31. The van der Waals surface area contributed by atoms with Crippen LogP contribution in [0.5, 0.6) is 11.5 Å². The van der Waals surface area contributed by atoms with Gasteiger partial charge in [0.05, 0.1) is 14.2 Å². The Morgan fingerprint density at radius 2 is 1.83 bits per heavy atom. The van der Waals surface area contributed by atoms with Gasteiger partial charge in [0.1, 0.15) is 17.6 Å². The van der Waals surface area contributed by atoms with Crippen molar-refractivity contribution in [2.75, 3.05) is 33.2 Å². The van der Waals surface area contributed by atoms with Crippen LogP contribution in [0.25, 0.3) is 0 Å².